The van der Waals surface area contributed by atoms with Crippen molar-refractivity contribution in [3.8, 4) is 0 Å². The number of unbranched alkanes of at least 4 members (excludes halogenated alkanes) is 1. The van der Waals surface area contributed by atoms with Crippen molar-refractivity contribution < 1.29 is 14.3 Å². The first-order valence-electron chi connectivity index (χ1n) is 9.02. The van der Waals surface area contributed by atoms with Gasteiger partial charge in [0.2, 0.25) is 0 Å². The van der Waals surface area contributed by atoms with Crippen LogP contribution in [-0.4, -0.2) is 26.8 Å². The first kappa shape index (κ1) is 24.7. The molecule has 140 valence electrons. The van der Waals surface area contributed by atoms with Gasteiger partial charge in [-0.05, 0) is 23.2 Å². The average Bonchev–Trinajstić information content (AvgIpc) is 2.42. The molecule has 0 spiro atoms. The summed E-state index contributed by atoms with van der Waals surface area (Å²) in [6.45, 7) is 18.3. The van der Waals surface area contributed by atoms with E-state index in [1.165, 1.54) is 13.5 Å². The smallest absolute Gasteiger partial charge is 0.309 e. The van der Waals surface area contributed by atoms with E-state index in [0.29, 0.717) is 11.3 Å². The van der Waals surface area contributed by atoms with Crippen LogP contribution in [0.5, 0.6) is 0 Å². The van der Waals surface area contributed by atoms with Gasteiger partial charge in [-0.25, -0.2) is 0 Å². The summed E-state index contributed by atoms with van der Waals surface area (Å²) in [6.07, 6.45) is 4.37. The molecule has 0 aliphatic carbocycles. The molecule has 0 aromatic heterocycles. The zero-order valence-corrected chi connectivity index (χ0v) is 17.4. The topological polar surface area (TPSA) is 35.5 Å². The van der Waals surface area contributed by atoms with Crippen molar-refractivity contribution in [3.63, 3.8) is 0 Å². The van der Waals surface area contributed by atoms with Crippen molar-refractivity contribution >= 4 is 5.97 Å². The molecule has 0 saturated heterocycles. The Morgan fingerprint density at radius 3 is 1.70 bits per heavy atom. The van der Waals surface area contributed by atoms with Gasteiger partial charge in [-0.15, -0.1) is 0 Å². The summed E-state index contributed by atoms with van der Waals surface area (Å²) in [6, 6.07) is 0. The first-order valence-corrected chi connectivity index (χ1v) is 9.02. The van der Waals surface area contributed by atoms with E-state index >= 15 is 0 Å². The first-order chi connectivity index (χ1) is 10.4. The molecule has 23 heavy (non-hydrogen) atoms. The van der Waals surface area contributed by atoms with Crippen LogP contribution in [-0.2, 0) is 14.3 Å². The number of ether oxygens (including phenoxy) is 2. The van der Waals surface area contributed by atoms with Crippen LogP contribution in [0.15, 0.2) is 0 Å². The van der Waals surface area contributed by atoms with Crippen LogP contribution in [0, 0.1) is 22.7 Å². The molecule has 3 nitrogen and oxygen atoms in total. The van der Waals surface area contributed by atoms with Gasteiger partial charge in [0.05, 0.1) is 13.0 Å². The quantitative estimate of drug-likeness (QED) is 0.560. The summed E-state index contributed by atoms with van der Waals surface area (Å²) in [4.78, 5) is 11.4. The summed E-state index contributed by atoms with van der Waals surface area (Å²) >= 11 is 0. The van der Waals surface area contributed by atoms with Gasteiger partial charge in [-0.2, -0.15) is 0 Å². The molecule has 0 aliphatic rings. The van der Waals surface area contributed by atoms with Gasteiger partial charge in [0.25, 0.3) is 0 Å². The summed E-state index contributed by atoms with van der Waals surface area (Å²) < 4.78 is 9.92. The van der Waals surface area contributed by atoms with Crippen molar-refractivity contribution in [3.05, 3.63) is 0 Å². The molecule has 0 amide bonds. The lowest BCUT2D eigenvalue weighted by atomic mass is 9.78. The van der Waals surface area contributed by atoms with Crippen molar-refractivity contribution in [1.29, 1.82) is 0 Å². The van der Waals surface area contributed by atoms with Gasteiger partial charge in [-0.3, -0.25) is 4.79 Å². The number of hydrogen-bond donors (Lipinski definition) is 0. The summed E-state index contributed by atoms with van der Waals surface area (Å²) in [5.74, 6) is 0.663. The molecule has 0 saturated carbocycles. The Labute approximate surface area is 145 Å². The maximum Gasteiger partial charge on any atom is 0.309 e. The fraction of sp³-hybridized carbons (Fsp3) is 0.950. The van der Waals surface area contributed by atoms with E-state index in [0.717, 1.165) is 25.9 Å². The lowest BCUT2D eigenvalue weighted by Gasteiger charge is -2.28. The van der Waals surface area contributed by atoms with Gasteiger partial charge in [-0.1, -0.05) is 74.7 Å². The van der Waals surface area contributed by atoms with E-state index in [-0.39, 0.29) is 17.3 Å². The monoisotopic (exact) mass is 330 g/mol. The fourth-order valence-corrected chi connectivity index (χ4v) is 2.64. The van der Waals surface area contributed by atoms with Gasteiger partial charge in [0.15, 0.2) is 0 Å². The molecule has 2 unspecified atom stereocenters. The summed E-state index contributed by atoms with van der Waals surface area (Å²) in [5, 5.41) is 0. The lowest BCUT2D eigenvalue weighted by molar-refractivity contribution is -0.149. The highest BCUT2D eigenvalue weighted by Gasteiger charge is 2.31. The molecule has 0 N–H and O–H groups in total. The molecule has 0 fully saturated rings. The minimum atomic E-state index is -0.0686. The number of methoxy groups -OCH3 is 2. The zero-order chi connectivity index (χ0) is 18.7. The molecular weight excluding hydrogens is 288 g/mol. The predicted molar refractivity (Wildman–Crippen MR) is 99.6 cm³/mol. The standard InChI is InChI=1S/C11H22O2.C9H20O/c1-6-7-8-9(10(12)13-5)11(2,3)4;1-6-8(7-10-5)9(2,3)4/h9H,6-8H2,1-5H3;8H,6-7H2,1-5H3. The normalized spacial score (nSPS) is 14.5. The highest BCUT2D eigenvalue weighted by atomic mass is 16.5. The number of carbonyl (C=O) groups excluding carboxylic acids is 1. The second-order valence-electron chi connectivity index (χ2n) is 8.51. The summed E-state index contributed by atoms with van der Waals surface area (Å²) in [5.41, 5.74) is 0.410. The zero-order valence-electron chi connectivity index (χ0n) is 17.4. The molecule has 0 heterocycles. The fourth-order valence-electron chi connectivity index (χ4n) is 2.64. The average molecular weight is 331 g/mol. The highest BCUT2D eigenvalue weighted by molar-refractivity contribution is 5.73. The van der Waals surface area contributed by atoms with Crippen LogP contribution in [0.4, 0.5) is 0 Å². The van der Waals surface area contributed by atoms with E-state index in [4.69, 9.17) is 9.47 Å². The Hall–Kier alpha value is -0.570. The maximum absolute atomic E-state index is 11.4. The van der Waals surface area contributed by atoms with E-state index in [2.05, 4.69) is 55.4 Å². The van der Waals surface area contributed by atoms with E-state index in [1.54, 1.807) is 7.11 Å². The van der Waals surface area contributed by atoms with E-state index < -0.39 is 0 Å². The van der Waals surface area contributed by atoms with Crippen LogP contribution >= 0.6 is 0 Å². The van der Waals surface area contributed by atoms with Gasteiger partial charge in [0, 0.05) is 13.7 Å². The second kappa shape index (κ2) is 11.9. The minimum Gasteiger partial charge on any atom is -0.469 e. The Morgan fingerprint density at radius 2 is 1.48 bits per heavy atom. The Kier molecular flexibility index (Phi) is 12.8. The highest BCUT2D eigenvalue weighted by Crippen LogP contribution is 2.31. The lowest BCUT2D eigenvalue weighted by Crippen LogP contribution is -2.29. The molecule has 0 bridgehead atoms. The molecule has 0 aromatic carbocycles. The van der Waals surface area contributed by atoms with Gasteiger partial charge < -0.3 is 9.47 Å². The van der Waals surface area contributed by atoms with Crippen molar-refractivity contribution in [2.75, 3.05) is 20.8 Å². The third-order valence-corrected chi connectivity index (χ3v) is 4.46. The van der Waals surface area contributed by atoms with Gasteiger partial charge in [0.1, 0.15) is 0 Å². The van der Waals surface area contributed by atoms with E-state index in [9.17, 15) is 4.79 Å². The largest absolute Gasteiger partial charge is 0.469 e. The molecule has 0 aromatic rings. The molecule has 0 aliphatic heterocycles. The van der Waals surface area contributed by atoms with Crippen LogP contribution < -0.4 is 0 Å². The Morgan fingerprint density at radius 1 is 0.957 bits per heavy atom. The SMILES string of the molecule is CCC(COC)C(C)(C)C.CCCCC(C(=O)OC)C(C)(C)C. The maximum atomic E-state index is 11.4. The predicted octanol–water partition coefficient (Wildman–Crippen LogP) is 5.72. The molecular formula is C20H42O3. The summed E-state index contributed by atoms with van der Waals surface area (Å²) in [7, 11) is 3.24. The number of carbonyl (C=O) groups is 1. The van der Waals surface area contributed by atoms with Crippen LogP contribution in [0.2, 0.25) is 0 Å². The third kappa shape index (κ3) is 11.6. The van der Waals surface area contributed by atoms with Crippen LogP contribution in [0.3, 0.4) is 0 Å². The molecule has 3 heteroatoms. The van der Waals surface area contributed by atoms with Crippen molar-refractivity contribution in [2.24, 2.45) is 22.7 Å². The Bertz CT molecular complexity index is 297. The number of rotatable bonds is 7. The molecule has 0 radical (unpaired) electrons. The van der Waals surface area contributed by atoms with E-state index in [1.807, 2.05) is 0 Å². The second-order valence-corrected chi connectivity index (χ2v) is 8.51. The third-order valence-electron chi connectivity index (χ3n) is 4.46. The molecule has 2 atom stereocenters. The van der Waals surface area contributed by atoms with Crippen LogP contribution in [0.1, 0.15) is 81.1 Å². The van der Waals surface area contributed by atoms with Crippen LogP contribution in [0.25, 0.3) is 0 Å². The number of hydrogen-bond acceptors (Lipinski definition) is 3. The minimum absolute atomic E-state index is 0.0161. The number of esters is 1. The molecule has 0 rings (SSSR count). The van der Waals surface area contributed by atoms with Crippen molar-refractivity contribution in [1.82, 2.24) is 0 Å². The Balaban J connectivity index is 0. The van der Waals surface area contributed by atoms with Crippen molar-refractivity contribution in [2.45, 2.75) is 81.1 Å². The van der Waals surface area contributed by atoms with Gasteiger partial charge >= 0.3 is 5.97 Å².